The zero-order valence-electron chi connectivity index (χ0n) is 17.5. The van der Waals surface area contributed by atoms with Crippen LogP contribution >= 0.6 is 11.6 Å². The number of carbonyl (C=O) groups is 1. The van der Waals surface area contributed by atoms with Crippen molar-refractivity contribution < 1.29 is 18.3 Å². The number of nitrogens with zero attached hydrogens (tertiary/aromatic N) is 3. The lowest BCUT2D eigenvalue weighted by Crippen LogP contribution is -2.47. The zero-order chi connectivity index (χ0) is 22.7. The summed E-state index contributed by atoms with van der Waals surface area (Å²) >= 11 is 6.34. The number of morpholine rings is 1. The van der Waals surface area contributed by atoms with Gasteiger partial charge in [0.05, 0.1) is 18.8 Å². The number of halogens is 3. The number of ether oxygens (including phenoxy) is 1. The maximum absolute atomic E-state index is 14.7. The van der Waals surface area contributed by atoms with Gasteiger partial charge in [-0.15, -0.1) is 0 Å². The molecule has 2 aromatic carbocycles. The zero-order valence-corrected chi connectivity index (χ0v) is 18.2. The van der Waals surface area contributed by atoms with Crippen LogP contribution in [-0.4, -0.2) is 52.9 Å². The number of carbonyl (C=O) groups excluding carboxylic acids is 1. The second kappa shape index (κ2) is 9.77. The van der Waals surface area contributed by atoms with E-state index in [-0.39, 0.29) is 24.0 Å². The quantitative estimate of drug-likeness (QED) is 0.604. The van der Waals surface area contributed by atoms with Gasteiger partial charge < -0.3 is 10.1 Å². The van der Waals surface area contributed by atoms with Crippen LogP contribution in [0.25, 0.3) is 5.69 Å². The highest BCUT2D eigenvalue weighted by Gasteiger charge is 2.30. The largest absolute Gasteiger partial charge is 0.376 e. The average molecular weight is 461 g/mol. The van der Waals surface area contributed by atoms with Crippen LogP contribution in [0.15, 0.2) is 54.7 Å². The van der Waals surface area contributed by atoms with E-state index in [1.807, 2.05) is 6.92 Å². The Morgan fingerprint density at radius 2 is 2.00 bits per heavy atom. The van der Waals surface area contributed by atoms with Crippen molar-refractivity contribution in [1.82, 2.24) is 20.0 Å². The van der Waals surface area contributed by atoms with E-state index < -0.39 is 23.6 Å². The Labute approximate surface area is 189 Å². The van der Waals surface area contributed by atoms with Gasteiger partial charge in [0.25, 0.3) is 5.91 Å². The second-order valence-electron chi connectivity index (χ2n) is 7.63. The Kier molecular flexibility index (Phi) is 6.83. The van der Waals surface area contributed by atoms with E-state index in [9.17, 15) is 13.6 Å². The number of amides is 1. The minimum absolute atomic E-state index is 0.0241. The third kappa shape index (κ3) is 4.82. The predicted octanol–water partition coefficient (Wildman–Crippen LogP) is 4.00. The van der Waals surface area contributed by atoms with Crippen molar-refractivity contribution in [3.8, 4) is 5.69 Å². The number of benzene rings is 2. The Balaban J connectivity index is 1.53. The first-order valence-corrected chi connectivity index (χ1v) is 10.7. The third-order valence-electron chi connectivity index (χ3n) is 5.42. The predicted molar refractivity (Wildman–Crippen MR) is 117 cm³/mol. The summed E-state index contributed by atoms with van der Waals surface area (Å²) in [7, 11) is 0. The molecule has 3 aromatic rings. The molecular formula is C23H23ClF2N4O2. The SMILES string of the molecule is CC1CN(C(CNC(=O)c2ccn(-c3ccccc3F)n2)c2c(F)cccc2Cl)CCO1. The van der Waals surface area contributed by atoms with Crippen molar-refractivity contribution in [3.05, 3.63) is 82.6 Å². The van der Waals surface area contributed by atoms with Gasteiger partial charge in [-0.05, 0) is 37.3 Å². The minimum Gasteiger partial charge on any atom is -0.376 e. The van der Waals surface area contributed by atoms with Gasteiger partial charge in [0, 0.05) is 36.4 Å². The molecule has 32 heavy (non-hydrogen) atoms. The van der Waals surface area contributed by atoms with Crippen LogP contribution in [0.5, 0.6) is 0 Å². The van der Waals surface area contributed by atoms with Crippen LogP contribution in [-0.2, 0) is 4.74 Å². The van der Waals surface area contributed by atoms with E-state index in [0.29, 0.717) is 30.3 Å². The highest BCUT2D eigenvalue weighted by atomic mass is 35.5. The van der Waals surface area contributed by atoms with E-state index >= 15 is 0 Å². The lowest BCUT2D eigenvalue weighted by Gasteiger charge is -2.38. The van der Waals surface area contributed by atoms with Gasteiger partial charge in [-0.2, -0.15) is 5.10 Å². The van der Waals surface area contributed by atoms with Gasteiger partial charge in [0.2, 0.25) is 0 Å². The molecule has 1 aliphatic rings. The molecule has 1 aromatic heterocycles. The molecule has 1 saturated heterocycles. The molecule has 0 spiro atoms. The minimum atomic E-state index is -0.479. The highest BCUT2D eigenvalue weighted by molar-refractivity contribution is 6.31. The second-order valence-corrected chi connectivity index (χ2v) is 8.04. The van der Waals surface area contributed by atoms with Gasteiger partial charge in [-0.1, -0.05) is 29.8 Å². The molecule has 4 rings (SSSR count). The summed E-state index contributed by atoms with van der Waals surface area (Å²) in [4.78, 5) is 14.8. The summed E-state index contributed by atoms with van der Waals surface area (Å²) < 4.78 is 35.6. The molecule has 2 atom stereocenters. The smallest absolute Gasteiger partial charge is 0.271 e. The summed E-state index contributed by atoms with van der Waals surface area (Å²) in [5, 5.41) is 7.31. The Bertz CT molecular complexity index is 1090. The Hall–Kier alpha value is -2.81. The fraction of sp³-hybridized carbons (Fsp3) is 0.304. The summed E-state index contributed by atoms with van der Waals surface area (Å²) in [6.45, 7) is 3.73. The van der Waals surface area contributed by atoms with Gasteiger partial charge in [-0.3, -0.25) is 9.69 Å². The Morgan fingerprint density at radius 1 is 1.22 bits per heavy atom. The Morgan fingerprint density at radius 3 is 2.75 bits per heavy atom. The van der Waals surface area contributed by atoms with Crippen LogP contribution in [0.4, 0.5) is 8.78 Å². The lowest BCUT2D eigenvalue weighted by molar-refractivity contribution is -0.0346. The number of hydrogen-bond donors (Lipinski definition) is 1. The molecule has 0 saturated carbocycles. The number of hydrogen-bond acceptors (Lipinski definition) is 4. The van der Waals surface area contributed by atoms with Gasteiger partial charge in [0.1, 0.15) is 17.3 Å². The average Bonchev–Trinajstić information content (AvgIpc) is 3.26. The molecule has 2 heterocycles. The van der Waals surface area contributed by atoms with Crippen molar-refractivity contribution >= 4 is 17.5 Å². The molecule has 1 fully saturated rings. The number of nitrogens with one attached hydrogen (secondary N) is 1. The molecule has 1 aliphatic heterocycles. The molecular weight excluding hydrogens is 438 g/mol. The topological polar surface area (TPSA) is 59.4 Å². The molecule has 168 valence electrons. The van der Waals surface area contributed by atoms with Crippen molar-refractivity contribution in [3.63, 3.8) is 0 Å². The number of aromatic nitrogens is 2. The van der Waals surface area contributed by atoms with Crippen LogP contribution < -0.4 is 5.32 Å². The standard InChI is InChI=1S/C23H23ClF2N4O2/c1-15-14-29(11-12-32-15)21(22-16(24)5-4-7-18(22)26)13-27-23(31)19-9-10-30(28-19)20-8-3-2-6-17(20)25/h2-10,15,21H,11-14H2,1H3,(H,27,31). The first-order chi connectivity index (χ1) is 15.4. The monoisotopic (exact) mass is 460 g/mol. The molecule has 0 aliphatic carbocycles. The molecule has 1 N–H and O–H groups in total. The normalized spacial score (nSPS) is 17.8. The molecule has 0 radical (unpaired) electrons. The number of para-hydroxylation sites is 1. The van der Waals surface area contributed by atoms with Crippen LogP contribution in [0, 0.1) is 11.6 Å². The summed E-state index contributed by atoms with van der Waals surface area (Å²) in [5.41, 5.74) is 0.701. The summed E-state index contributed by atoms with van der Waals surface area (Å²) in [5.74, 6) is -1.32. The van der Waals surface area contributed by atoms with Crippen LogP contribution in [0.3, 0.4) is 0 Å². The van der Waals surface area contributed by atoms with E-state index in [2.05, 4.69) is 15.3 Å². The van der Waals surface area contributed by atoms with Gasteiger partial charge >= 0.3 is 0 Å². The maximum atomic E-state index is 14.7. The van der Waals surface area contributed by atoms with Crippen LogP contribution in [0.2, 0.25) is 5.02 Å². The third-order valence-corrected chi connectivity index (χ3v) is 5.75. The summed E-state index contributed by atoms with van der Waals surface area (Å²) in [6.07, 6.45) is 1.49. The summed E-state index contributed by atoms with van der Waals surface area (Å²) in [6, 6.07) is 11.7. The van der Waals surface area contributed by atoms with Crippen molar-refractivity contribution in [2.75, 3.05) is 26.2 Å². The molecule has 1 amide bonds. The van der Waals surface area contributed by atoms with E-state index in [1.165, 1.54) is 29.1 Å². The fourth-order valence-electron chi connectivity index (χ4n) is 3.87. The van der Waals surface area contributed by atoms with Crippen molar-refractivity contribution in [2.45, 2.75) is 19.1 Å². The van der Waals surface area contributed by atoms with Crippen molar-refractivity contribution in [1.29, 1.82) is 0 Å². The molecule has 6 nitrogen and oxygen atoms in total. The van der Waals surface area contributed by atoms with Crippen LogP contribution in [0.1, 0.15) is 29.0 Å². The van der Waals surface area contributed by atoms with E-state index in [0.717, 1.165) is 0 Å². The van der Waals surface area contributed by atoms with Gasteiger partial charge in [-0.25, -0.2) is 13.5 Å². The van der Waals surface area contributed by atoms with Crippen molar-refractivity contribution in [2.24, 2.45) is 0 Å². The molecule has 2 unspecified atom stereocenters. The van der Waals surface area contributed by atoms with Gasteiger partial charge in [0.15, 0.2) is 5.69 Å². The fourth-order valence-corrected chi connectivity index (χ4v) is 4.16. The first kappa shape index (κ1) is 22.4. The highest BCUT2D eigenvalue weighted by Crippen LogP contribution is 2.31. The number of rotatable bonds is 6. The van der Waals surface area contributed by atoms with E-state index in [4.69, 9.17) is 16.3 Å². The maximum Gasteiger partial charge on any atom is 0.271 e. The lowest BCUT2D eigenvalue weighted by atomic mass is 10.0. The van der Waals surface area contributed by atoms with E-state index in [1.54, 1.807) is 30.3 Å². The molecule has 9 heteroatoms. The first-order valence-electron chi connectivity index (χ1n) is 10.3. The molecule has 0 bridgehead atoms.